The van der Waals surface area contributed by atoms with Crippen LogP contribution in [0.1, 0.15) is 22.3 Å². The van der Waals surface area contributed by atoms with Crippen LogP contribution in [-0.4, -0.2) is 28.1 Å². The van der Waals surface area contributed by atoms with Crippen molar-refractivity contribution in [1.29, 1.82) is 0 Å². The molecule has 1 unspecified atom stereocenters. The SMILES string of the molecule is Cc1coc2cc3oc(=O)c(CC(=O)NC(Cc4ccc(O)cc4)C(=O)O)c(C)c3cc12. The monoisotopic (exact) mass is 435 g/mol. The third-order valence-electron chi connectivity index (χ3n) is 5.52. The molecule has 4 rings (SSSR count). The largest absolute Gasteiger partial charge is 0.508 e. The number of phenols is 1. The number of furan rings is 1. The van der Waals surface area contributed by atoms with Crippen LogP contribution in [0, 0.1) is 13.8 Å². The summed E-state index contributed by atoms with van der Waals surface area (Å²) in [6.07, 6.45) is 1.34. The number of carboxylic acids is 1. The van der Waals surface area contributed by atoms with Gasteiger partial charge in [-0.15, -0.1) is 0 Å². The molecule has 2 aromatic carbocycles. The number of carbonyl (C=O) groups is 2. The maximum atomic E-state index is 12.6. The number of carbonyl (C=O) groups excluding carboxylic acids is 1. The van der Waals surface area contributed by atoms with Gasteiger partial charge < -0.3 is 24.4 Å². The fourth-order valence-corrected chi connectivity index (χ4v) is 3.72. The van der Waals surface area contributed by atoms with E-state index in [0.717, 1.165) is 10.9 Å². The molecule has 0 radical (unpaired) electrons. The summed E-state index contributed by atoms with van der Waals surface area (Å²) in [4.78, 5) is 36.8. The predicted molar refractivity (Wildman–Crippen MR) is 117 cm³/mol. The van der Waals surface area contributed by atoms with E-state index in [9.17, 15) is 24.6 Å². The molecule has 0 aliphatic heterocycles. The van der Waals surface area contributed by atoms with Gasteiger partial charge in [0.2, 0.25) is 5.91 Å². The summed E-state index contributed by atoms with van der Waals surface area (Å²) in [7, 11) is 0. The quantitative estimate of drug-likeness (QED) is 0.397. The van der Waals surface area contributed by atoms with E-state index in [4.69, 9.17) is 8.83 Å². The van der Waals surface area contributed by atoms with Gasteiger partial charge in [0, 0.05) is 23.3 Å². The molecule has 0 bridgehead atoms. The number of phenolic OH excluding ortho intramolecular Hbond substituents is 1. The van der Waals surface area contributed by atoms with Crippen molar-refractivity contribution < 1.29 is 28.6 Å². The van der Waals surface area contributed by atoms with Crippen LogP contribution < -0.4 is 10.9 Å². The topological polar surface area (TPSA) is 130 Å². The first-order valence-corrected chi connectivity index (χ1v) is 9.97. The molecule has 1 amide bonds. The van der Waals surface area contributed by atoms with Crippen LogP contribution in [0.4, 0.5) is 0 Å². The van der Waals surface area contributed by atoms with E-state index in [0.29, 0.717) is 27.7 Å². The Morgan fingerprint density at radius 2 is 1.78 bits per heavy atom. The molecule has 0 saturated heterocycles. The Hall–Kier alpha value is -4.07. The van der Waals surface area contributed by atoms with Gasteiger partial charge in [0.1, 0.15) is 23.0 Å². The average molecular weight is 435 g/mol. The number of fused-ring (bicyclic) bond motifs is 2. The zero-order chi connectivity index (χ0) is 23.0. The Kier molecular flexibility index (Phi) is 5.44. The van der Waals surface area contributed by atoms with Crippen LogP contribution in [0.15, 0.2) is 56.3 Å². The molecule has 1 atom stereocenters. The first-order valence-electron chi connectivity index (χ1n) is 9.97. The number of amides is 1. The minimum Gasteiger partial charge on any atom is -0.508 e. The lowest BCUT2D eigenvalue weighted by atomic mass is 10.0. The van der Waals surface area contributed by atoms with Crippen LogP contribution >= 0.6 is 0 Å². The van der Waals surface area contributed by atoms with Gasteiger partial charge in [-0.25, -0.2) is 9.59 Å². The number of hydrogen-bond donors (Lipinski definition) is 3. The Morgan fingerprint density at radius 3 is 2.47 bits per heavy atom. The maximum Gasteiger partial charge on any atom is 0.340 e. The summed E-state index contributed by atoms with van der Waals surface area (Å²) >= 11 is 0. The molecule has 32 heavy (non-hydrogen) atoms. The van der Waals surface area contributed by atoms with E-state index < -0.39 is 23.5 Å². The van der Waals surface area contributed by atoms with Crippen LogP contribution in [0.5, 0.6) is 5.75 Å². The van der Waals surface area contributed by atoms with Crippen molar-refractivity contribution in [2.75, 3.05) is 0 Å². The second-order valence-electron chi connectivity index (χ2n) is 7.76. The van der Waals surface area contributed by atoms with Crippen molar-refractivity contribution in [2.24, 2.45) is 0 Å². The van der Waals surface area contributed by atoms with Gasteiger partial charge in [-0.2, -0.15) is 0 Å². The summed E-state index contributed by atoms with van der Waals surface area (Å²) in [5, 5.41) is 22.9. The highest BCUT2D eigenvalue weighted by molar-refractivity contribution is 5.96. The van der Waals surface area contributed by atoms with Gasteiger partial charge in [-0.1, -0.05) is 12.1 Å². The van der Waals surface area contributed by atoms with Gasteiger partial charge in [0.25, 0.3) is 0 Å². The molecule has 0 fully saturated rings. The molecule has 8 nitrogen and oxygen atoms in total. The summed E-state index contributed by atoms with van der Waals surface area (Å²) in [5.41, 5.74) is 2.64. The van der Waals surface area contributed by atoms with Gasteiger partial charge >= 0.3 is 11.6 Å². The number of hydrogen-bond acceptors (Lipinski definition) is 6. The number of nitrogens with one attached hydrogen (secondary N) is 1. The lowest BCUT2D eigenvalue weighted by Crippen LogP contribution is -2.43. The highest BCUT2D eigenvalue weighted by Crippen LogP contribution is 2.28. The number of aryl methyl sites for hydroxylation is 2. The molecular weight excluding hydrogens is 414 g/mol. The van der Waals surface area contributed by atoms with Crippen LogP contribution in [0.2, 0.25) is 0 Å². The Balaban J connectivity index is 1.59. The Bertz CT molecular complexity index is 1400. The fraction of sp³-hybridized carbons (Fsp3) is 0.208. The molecule has 2 heterocycles. The number of benzene rings is 2. The van der Waals surface area contributed by atoms with E-state index in [2.05, 4.69) is 5.32 Å². The fourth-order valence-electron chi connectivity index (χ4n) is 3.72. The number of rotatable bonds is 6. The van der Waals surface area contributed by atoms with Crippen LogP contribution in [0.25, 0.3) is 21.9 Å². The van der Waals surface area contributed by atoms with Crippen LogP contribution in [0.3, 0.4) is 0 Å². The van der Waals surface area contributed by atoms with E-state index in [1.165, 1.54) is 12.1 Å². The van der Waals surface area contributed by atoms with Gasteiger partial charge in [0.05, 0.1) is 18.2 Å². The molecular formula is C24H21NO7. The summed E-state index contributed by atoms with van der Waals surface area (Å²) in [6, 6.07) is 8.36. The molecule has 4 aromatic rings. The van der Waals surface area contributed by atoms with E-state index >= 15 is 0 Å². The van der Waals surface area contributed by atoms with Crippen LogP contribution in [-0.2, 0) is 22.4 Å². The molecule has 0 spiro atoms. The molecule has 164 valence electrons. The second-order valence-corrected chi connectivity index (χ2v) is 7.76. The molecule has 2 aromatic heterocycles. The minimum absolute atomic E-state index is 0.0322. The standard InChI is InChI=1S/C24H21NO7/c1-12-11-31-20-10-21-17(8-16(12)20)13(2)18(24(30)32-21)9-22(27)25-19(23(28)29)7-14-3-5-15(26)6-4-14/h3-6,8,10-11,19,26H,7,9H2,1-2H3,(H,25,27)(H,28,29). The highest BCUT2D eigenvalue weighted by Gasteiger charge is 2.23. The predicted octanol–water partition coefficient (Wildman–Crippen LogP) is 3.22. The molecule has 0 aliphatic carbocycles. The molecule has 0 aliphatic rings. The van der Waals surface area contributed by atoms with Crippen molar-refractivity contribution in [3.8, 4) is 5.75 Å². The Labute approximate surface area is 182 Å². The summed E-state index contributed by atoms with van der Waals surface area (Å²) in [6.45, 7) is 3.63. The lowest BCUT2D eigenvalue weighted by molar-refractivity contribution is -0.141. The zero-order valence-corrected chi connectivity index (χ0v) is 17.5. The zero-order valence-electron chi connectivity index (χ0n) is 17.5. The third kappa shape index (κ3) is 4.07. The van der Waals surface area contributed by atoms with Crippen molar-refractivity contribution in [3.05, 3.63) is 75.3 Å². The van der Waals surface area contributed by atoms with Crippen molar-refractivity contribution in [2.45, 2.75) is 32.7 Å². The van der Waals surface area contributed by atoms with Crippen molar-refractivity contribution in [1.82, 2.24) is 5.32 Å². The third-order valence-corrected chi connectivity index (χ3v) is 5.52. The number of aliphatic carboxylic acids is 1. The van der Waals surface area contributed by atoms with Crippen molar-refractivity contribution >= 4 is 33.8 Å². The van der Waals surface area contributed by atoms with Gasteiger partial charge in [-0.3, -0.25) is 4.79 Å². The second kappa shape index (κ2) is 8.22. The summed E-state index contributed by atoms with van der Waals surface area (Å²) in [5.74, 6) is -1.75. The number of carboxylic acid groups (broad SMARTS) is 1. The average Bonchev–Trinajstić information content (AvgIpc) is 3.10. The molecule has 3 N–H and O–H groups in total. The van der Waals surface area contributed by atoms with Gasteiger partial charge in [-0.05, 0) is 48.7 Å². The highest BCUT2D eigenvalue weighted by atomic mass is 16.4. The number of aromatic hydroxyl groups is 1. The molecule has 0 saturated carbocycles. The first-order chi connectivity index (χ1) is 15.2. The van der Waals surface area contributed by atoms with E-state index in [1.54, 1.807) is 31.4 Å². The summed E-state index contributed by atoms with van der Waals surface area (Å²) < 4.78 is 10.9. The Morgan fingerprint density at radius 1 is 1.06 bits per heavy atom. The molecule has 8 heteroatoms. The maximum absolute atomic E-state index is 12.6. The van der Waals surface area contributed by atoms with E-state index in [-0.39, 0.29) is 24.2 Å². The van der Waals surface area contributed by atoms with Gasteiger partial charge in [0.15, 0.2) is 0 Å². The smallest absolute Gasteiger partial charge is 0.340 e. The van der Waals surface area contributed by atoms with Crippen molar-refractivity contribution in [3.63, 3.8) is 0 Å². The lowest BCUT2D eigenvalue weighted by Gasteiger charge is -2.15. The minimum atomic E-state index is -1.20. The normalized spacial score (nSPS) is 12.2. The first kappa shape index (κ1) is 21.2. The van der Waals surface area contributed by atoms with E-state index in [1.807, 2.05) is 13.0 Å².